The fraction of sp³-hybridized carbons (Fsp3) is 0.240. The van der Waals surface area contributed by atoms with Gasteiger partial charge in [0.2, 0.25) is 0 Å². The SMILES string of the molecule is COc1cc(CN[C@@H](C)c2ccccc2)ccc1OCC(=O)Nc1ccc(C)cc1. The summed E-state index contributed by atoms with van der Waals surface area (Å²) in [6.07, 6.45) is 0. The number of rotatable bonds is 9. The van der Waals surface area contributed by atoms with Gasteiger partial charge in [-0.15, -0.1) is 0 Å². The maximum atomic E-state index is 12.2. The molecule has 3 aromatic carbocycles. The van der Waals surface area contributed by atoms with E-state index in [0.717, 1.165) is 16.8 Å². The largest absolute Gasteiger partial charge is 0.493 e. The number of anilines is 1. The fourth-order valence-corrected chi connectivity index (χ4v) is 3.05. The highest BCUT2D eigenvalue weighted by molar-refractivity contribution is 5.91. The monoisotopic (exact) mass is 404 g/mol. The highest BCUT2D eigenvalue weighted by Crippen LogP contribution is 2.28. The predicted molar refractivity (Wildman–Crippen MR) is 120 cm³/mol. The van der Waals surface area contributed by atoms with Crippen LogP contribution in [0.25, 0.3) is 0 Å². The first kappa shape index (κ1) is 21.4. The number of hydrogen-bond acceptors (Lipinski definition) is 4. The highest BCUT2D eigenvalue weighted by Gasteiger charge is 2.10. The molecule has 1 amide bonds. The van der Waals surface area contributed by atoms with E-state index in [1.54, 1.807) is 7.11 Å². The van der Waals surface area contributed by atoms with Crippen molar-refractivity contribution in [2.45, 2.75) is 26.4 Å². The van der Waals surface area contributed by atoms with Gasteiger partial charge >= 0.3 is 0 Å². The second-order valence-corrected chi connectivity index (χ2v) is 7.20. The Kier molecular flexibility index (Phi) is 7.46. The lowest BCUT2D eigenvalue weighted by Crippen LogP contribution is -2.20. The minimum atomic E-state index is -0.219. The van der Waals surface area contributed by atoms with Gasteiger partial charge < -0.3 is 20.1 Å². The molecule has 0 heterocycles. The van der Waals surface area contributed by atoms with Crippen LogP contribution in [-0.2, 0) is 11.3 Å². The first-order chi connectivity index (χ1) is 14.5. The van der Waals surface area contributed by atoms with Crippen LogP contribution < -0.4 is 20.1 Å². The van der Waals surface area contributed by atoms with E-state index < -0.39 is 0 Å². The summed E-state index contributed by atoms with van der Waals surface area (Å²) in [5.41, 5.74) is 4.20. The van der Waals surface area contributed by atoms with Gasteiger partial charge in [-0.25, -0.2) is 0 Å². The molecule has 0 saturated carbocycles. The van der Waals surface area contributed by atoms with Crippen LogP contribution in [0.4, 0.5) is 5.69 Å². The number of methoxy groups -OCH3 is 1. The van der Waals surface area contributed by atoms with Crippen LogP contribution in [0.1, 0.15) is 29.7 Å². The topological polar surface area (TPSA) is 59.6 Å². The quantitative estimate of drug-likeness (QED) is 0.534. The number of carbonyl (C=O) groups excluding carboxylic acids is 1. The fourth-order valence-electron chi connectivity index (χ4n) is 3.05. The van der Waals surface area contributed by atoms with E-state index >= 15 is 0 Å². The Bertz CT molecular complexity index is 956. The minimum Gasteiger partial charge on any atom is -0.493 e. The van der Waals surface area contributed by atoms with Gasteiger partial charge in [-0.1, -0.05) is 54.1 Å². The van der Waals surface area contributed by atoms with Crippen LogP contribution >= 0.6 is 0 Å². The third-order valence-corrected chi connectivity index (χ3v) is 4.83. The van der Waals surface area contributed by atoms with Crippen molar-refractivity contribution in [2.24, 2.45) is 0 Å². The summed E-state index contributed by atoms with van der Waals surface area (Å²) in [6.45, 7) is 4.74. The molecule has 1 atom stereocenters. The molecule has 156 valence electrons. The predicted octanol–water partition coefficient (Wildman–Crippen LogP) is 4.87. The lowest BCUT2D eigenvalue weighted by molar-refractivity contribution is -0.118. The summed E-state index contributed by atoms with van der Waals surface area (Å²) >= 11 is 0. The number of amides is 1. The molecule has 0 fully saturated rings. The molecule has 0 aliphatic rings. The zero-order chi connectivity index (χ0) is 21.3. The second-order valence-electron chi connectivity index (χ2n) is 7.20. The van der Waals surface area contributed by atoms with Crippen molar-refractivity contribution >= 4 is 11.6 Å². The number of benzene rings is 3. The van der Waals surface area contributed by atoms with Crippen molar-refractivity contribution in [3.05, 3.63) is 89.5 Å². The van der Waals surface area contributed by atoms with Gasteiger partial charge in [0, 0.05) is 18.3 Å². The maximum Gasteiger partial charge on any atom is 0.262 e. The zero-order valence-electron chi connectivity index (χ0n) is 17.6. The molecule has 0 saturated heterocycles. The lowest BCUT2D eigenvalue weighted by atomic mass is 10.1. The molecule has 30 heavy (non-hydrogen) atoms. The van der Waals surface area contributed by atoms with E-state index in [1.165, 1.54) is 5.56 Å². The van der Waals surface area contributed by atoms with E-state index in [1.807, 2.05) is 67.6 Å². The van der Waals surface area contributed by atoms with Crippen LogP contribution in [0.5, 0.6) is 11.5 Å². The van der Waals surface area contributed by atoms with Crippen LogP contribution in [-0.4, -0.2) is 19.6 Å². The van der Waals surface area contributed by atoms with E-state index in [4.69, 9.17) is 9.47 Å². The van der Waals surface area contributed by atoms with Gasteiger partial charge in [0.05, 0.1) is 7.11 Å². The Morgan fingerprint density at radius 3 is 2.40 bits per heavy atom. The molecule has 5 heteroatoms. The molecule has 2 N–H and O–H groups in total. The van der Waals surface area contributed by atoms with Crippen molar-refractivity contribution in [3.8, 4) is 11.5 Å². The molecule has 5 nitrogen and oxygen atoms in total. The Labute approximate surface area is 178 Å². The van der Waals surface area contributed by atoms with Crippen LogP contribution in [0.15, 0.2) is 72.8 Å². The van der Waals surface area contributed by atoms with Crippen molar-refractivity contribution in [1.82, 2.24) is 5.32 Å². The molecule has 0 spiro atoms. The summed E-state index contributed by atoms with van der Waals surface area (Å²) in [4.78, 5) is 12.2. The average molecular weight is 405 g/mol. The number of carbonyl (C=O) groups is 1. The van der Waals surface area contributed by atoms with Crippen LogP contribution in [0, 0.1) is 6.92 Å². The maximum absolute atomic E-state index is 12.2. The number of nitrogens with one attached hydrogen (secondary N) is 2. The third kappa shape index (κ3) is 6.09. The van der Waals surface area contributed by atoms with E-state index in [-0.39, 0.29) is 18.6 Å². The van der Waals surface area contributed by atoms with Crippen molar-refractivity contribution < 1.29 is 14.3 Å². The molecule has 3 rings (SSSR count). The van der Waals surface area contributed by atoms with Gasteiger partial charge in [-0.2, -0.15) is 0 Å². The molecule has 3 aromatic rings. The smallest absolute Gasteiger partial charge is 0.262 e. The average Bonchev–Trinajstić information content (AvgIpc) is 2.78. The summed E-state index contributed by atoms with van der Waals surface area (Å²) in [7, 11) is 1.60. The molecule has 0 aromatic heterocycles. The van der Waals surface area contributed by atoms with Crippen LogP contribution in [0.2, 0.25) is 0 Å². The van der Waals surface area contributed by atoms with Gasteiger partial charge in [-0.3, -0.25) is 4.79 Å². The zero-order valence-corrected chi connectivity index (χ0v) is 17.6. The summed E-state index contributed by atoms with van der Waals surface area (Å²) in [5.74, 6) is 0.921. The molecule has 0 aliphatic heterocycles. The standard InChI is InChI=1S/C25H28N2O3/c1-18-9-12-22(13-10-18)27-25(28)17-30-23-14-11-20(15-24(23)29-3)16-26-19(2)21-7-5-4-6-8-21/h4-15,19,26H,16-17H2,1-3H3,(H,27,28)/t19-/m0/s1. The Morgan fingerprint density at radius 1 is 0.967 bits per heavy atom. The first-order valence-corrected chi connectivity index (χ1v) is 9.99. The molecular formula is C25H28N2O3. The molecule has 0 unspecified atom stereocenters. The van der Waals surface area contributed by atoms with Crippen LogP contribution in [0.3, 0.4) is 0 Å². The van der Waals surface area contributed by atoms with Crippen molar-refractivity contribution in [2.75, 3.05) is 19.0 Å². The normalized spacial score (nSPS) is 11.6. The molecule has 0 radical (unpaired) electrons. The third-order valence-electron chi connectivity index (χ3n) is 4.83. The van der Waals surface area contributed by atoms with E-state index in [0.29, 0.717) is 18.0 Å². The minimum absolute atomic E-state index is 0.0904. The number of ether oxygens (including phenoxy) is 2. The van der Waals surface area contributed by atoms with Gasteiger partial charge in [-0.05, 0) is 49.2 Å². The number of hydrogen-bond donors (Lipinski definition) is 2. The summed E-state index contributed by atoms with van der Waals surface area (Å²) < 4.78 is 11.1. The van der Waals surface area contributed by atoms with Crippen molar-refractivity contribution in [1.29, 1.82) is 0 Å². The van der Waals surface area contributed by atoms with Crippen molar-refractivity contribution in [3.63, 3.8) is 0 Å². The summed E-state index contributed by atoms with van der Waals surface area (Å²) in [6, 6.07) is 23.9. The van der Waals surface area contributed by atoms with Gasteiger partial charge in [0.25, 0.3) is 5.91 Å². The molecule has 0 bridgehead atoms. The Morgan fingerprint density at radius 2 is 1.70 bits per heavy atom. The lowest BCUT2D eigenvalue weighted by Gasteiger charge is -2.16. The summed E-state index contributed by atoms with van der Waals surface area (Å²) in [5, 5.41) is 6.33. The molecular weight excluding hydrogens is 376 g/mol. The second kappa shape index (κ2) is 10.5. The Hall–Kier alpha value is -3.31. The van der Waals surface area contributed by atoms with E-state index in [2.05, 4.69) is 29.7 Å². The van der Waals surface area contributed by atoms with Gasteiger partial charge in [0.15, 0.2) is 18.1 Å². The van der Waals surface area contributed by atoms with Gasteiger partial charge in [0.1, 0.15) is 0 Å². The highest BCUT2D eigenvalue weighted by atomic mass is 16.5. The first-order valence-electron chi connectivity index (χ1n) is 9.99. The molecule has 0 aliphatic carbocycles. The Balaban J connectivity index is 1.54. The van der Waals surface area contributed by atoms with E-state index in [9.17, 15) is 4.79 Å². The number of aryl methyl sites for hydroxylation is 1.